The van der Waals surface area contributed by atoms with Crippen LogP contribution in [0.3, 0.4) is 0 Å². The Bertz CT molecular complexity index is 399. The van der Waals surface area contributed by atoms with Crippen molar-refractivity contribution >= 4 is 17.5 Å². The van der Waals surface area contributed by atoms with Gasteiger partial charge in [-0.3, -0.25) is 0 Å². The zero-order chi connectivity index (χ0) is 13.0. The summed E-state index contributed by atoms with van der Waals surface area (Å²) in [7, 11) is 0. The summed E-state index contributed by atoms with van der Waals surface area (Å²) >= 11 is 5.82. The van der Waals surface area contributed by atoms with Gasteiger partial charge in [-0.1, -0.05) is 0 Å². The van der Waals surface area contributed by atoms with Gasteiger partial charge >= 0.3 is 6.01 Å². The Kier molecular flexibility index (Phi) is 4.54. The van der Waals surface area contributed by atoms with Crippen LogP contribution in [0.2, 0.25) is 5.28 Å². The van der Waals surface area contributed by atoms with Crippen LogP contribution < -0.4 is 10.1 Å². The summed E-state index contributed by atoms with van der Waals surface area (Å²) in [6, 6.07) is 0.361. The standard InChI is InChI=1S/C11H17ClN4O2/c1-3-17-11-15-9(12)14-10(16-11)13-7(2)8-5-4-6-18-8/h7-8H,3-6H2,1-2H3,(H,13,14,15,16). The van der Waals surface area contributed by atoms with E-state index in [1.165, 1.54) is 0 Å². The zero-order valence-corrected chi connectivity index (χ0v) is 11.3. The molecule has 0 aliphatic carbocycles. The van der Waals surface area contributed by atoms with Crippen molar-refractivity contribution in [2.24, 2.45) is 0 Å². The predicted octanol–water partition coefficient (Wildman–Crippen LogP) is 1.90. The molecule has 1 saturated heterocycles. The van der Waals surface area contributed by atoms with Crippen LogP contribution in [0.15, 0.2) is 0 Å². The van der Waals surface area contributed by atoms with E-state index in [0.717, 1.165) is 19.4 Å². The first-order chi connectivity index (χ1) is 8.69. The van der Waals surface area contributed by atoms with E-state index in [1.807, 2.05) is 13.8 Å². The van der Waals surface area contributed by atoms with Crippen molar-refractivity contribution in [1.82, 2.24) is 15.0 Å². The van der Waals surface area contributed by atoms with Crippen LogP contribution in [0.5, 0.6) is 6.01 Å². The first-order valence-corrected chi connectivity index (χ1v) is 6.49. The third-order valence-electron chi connectivity index (χ3n) is 2.74. The molecule has 2 rings (SSSR count). The third-order valence-corrected chi connectivity index (χ3v) is 2.91. The number of hydrogen-bond acceptors (Lipinski definition) is 6. The third kappa shape index (κ3) is 3.43. The molecule has 0 aromatic carbocycles. The average Bonchev–Trinajstić information content (AvgIpc) is 2.81. The van der Waals surface area contributed by atoms with Crippen molar-refractivity contribution in [1.29, 1.82) is 0 Å². The molecule has 0 bridgehead atoms. The highest BCUT2D eigenvalue weighted by atomic mass is 35.5. The highest BCUT2D eigenvalue weighted by molar-refractivity contribution is 6.28. The van der Waals surface area contributed by atoms with Crippen LogP contribution in [0.4, 0.5) is 5.95 Å². The number of halogens is 1. The van der Waals surface area contributed by atoms with E-state index in [0.29, 0.717) is 12.6 Å². The molecule has 1 aromatic rings. The van der Waals surface area contributed by atoms with E-state index in [4.69, 9.17) is 21.1 Å². The Labute approximate surface area is 111 Å². The Morgan fingerprint density at radius 2 is 2.33 bits per heavy atom. The molecular formula is C11H17ClN4O2. The summed E-state index contributed by atoms with van der Waals surface area (Å²) in [6.07, 6.45) is 2.33. The number of rotatable bonds is 5. The van der Waals surface area contributed by atoms with Crippen LogP contribution >= 0.6 is 11.6 Å². The first kappa shape index (κ1) is 13.3. The molecule has 1 aliphatic rings. The molecule has 1 aromatic heterocycles. The molecular weight excluding hydrogens is 256 g/mol. The number of ether oxygens (including phenoxy) is 2. The van der Waals surface area contributed by atoms with E-state index >= 15 is 0 Å². The van der Waals surface area contributed by atoms with Gasteiger partial charge in [-0.15, -0.1) is 0 Å². The topological polar surface area (TPSA) is 69.2 Å². The Morgan fingerprint density at radius 3 is 3.00 bits per heavy atom. The minimum absolute atomic E-state index is 0.121. The lowest BCUT2D eigenvalue weighted by molar-refractivity contribution is 0.0994. The molecule has 1 aliphatic heterocycles. The van der Waals surface area contributed by atoms with Crippen LogP contribution in [-0.2, 0) is 4.74 Å². The minimum atomic E-state index is 0.121. The Balaban J connectivity index is 2.03. The van der Waals surface area contributed by atoms with Gasteiger partial charge in [-0.25, -0.2) is 0 Å². The van der Waals surface area contributed by atoms with Gasteiger partial charge in [-0.2, -0.15) is 15.0 Å². The van der Waals surface area contributed by atoms with E-state index in [-0.39, 0.29) is 23.4 Å². The smallest absolute Gasteiger partial charge is 0.322 e. The molecule has 1 N–H and O–H groups in total. The summed E-state index contributed by atoms with van der Waals surface area (Å²) in [5, 5.41) is 3.29. The first-order valence-electron chi connectivity index (χ1n) is 6.11. The molecule has 2 heterocycles. The lowest BCUT2D eigenvalue weighted by Gasteiger charge is -2.19. The molecule has 0 saturated carbocycles. The zero-order valence-electron chi connectivity index (χ0n) is 10.5. The molecule has 0 amide bonds. The number of hydrogen-bond donors (Lipinski definition) is 1. The molecule has 6 nitrogen and oxygen atoms in total. The molecule has 2 unspecified atom stereocenters. The van der Waals surface area contributed by atoms with Crippen molar-refractivity contribution in [3.05, 3.63) is 5.28 Å². The SMILES string of the molecule is CCOc1nc(Cl)nc(NC(C)C2CCCO2)n1. The second kappa shape index (κ2) is 6.15. The molecule has 100 valence electrons. The molecule has 0 spiro atoms. The molecule has 7 heteroatoms. The summed E-state index contributed by atoms with van der Waals surface area (Å²) in [5.74, 6) is 0.418. The van der Waals surface area contributed by atoms with E-state index < -0.39 is 0 Å². The lowest BCUT2D eigenvalue weighted by Crippen LogP contribution is -2.30. The minimum Gasteiger partial charge on any atom is -0.464 e. The summed E-state index contributed by atoms with van der Waals surface area (Å²) in [4.78, 5) is 12.0. The fourth-order valence-corrected chi connectivity index (χ4v) is 2.04. The summed E-state index contributed by atoms with van der Waals surface area (Å²) in [5.41, 5.74) is 0. The van der Waals surface area contributed by atoms with Crippen molar-refractivity contribution in [2.75, 3.05) is 18.5 Å². The Morgan fingerprint density at radius 1 is 1.50 bits per heavy atom. The van der Waals surface area contributed by atoms with Gasteiger partial charge in [0.25, 0.3) is 0 Å². The molecule has 2 atom stereocenters. The van der Waals surface area contributed by atoms with Gasteiger partial charge in [-0.05, 0) is 38.3 Å². The highest BCUT2D eigenvalue weighted by Crippen LogP contribution is 2.19. The molecule has 1 fully saturated rings. The normalized spacial score (nSPS) is 20.7. The quantitative estimate of drug-likeness (QED) is 0.883. The van der Waals surface area contributed by atoms with Gasteiger partial charge in [0.05, 0.1) is 18.8 Å². The Hall–Kier alpha value is -1.14. The van der Waals surface area contributed by atoms with Crippen LogP contribution in [0, 0.1) is 0 Å². The highest BCUT2D eigenvalue weighted by Gasteiger charge is 2.23. The van der Waals surface area contributed by atoms with Crippen LogP contribution in [0.1, 0.15) is 26.7 Å². The van der Waals surface area contributed by atoms with Gasteiger partial charge in [0, 0.05) is 6.61 Å². The lowest BCUT2D eigenvalue weighted by atomic mass is 10.1. The summed E-state index contributed by atoms with van der Waals surface area (Å²) in [6.45, 7) is 5.20. The number of anilines is 1. The van der Waals surface area contributed by atoms with Crippen molar-refractivity contribution < 1.29 is 9.47 Å². The van der Waals surface area contributed by atoms with Crippen molar-refractivity contribution in [2.45, 2.75) is 38.8 Å². The monoisotopic (exact) mass is 272 g/mol. The van der Waals surface area contributed by atoms with E-state index in [9.17, 15) is 0 Å². The molecule has 18 heavy (non-hydrogen) atoms. The van der Waals surface area contributed by atoms with Gasteiger partial charge < -0.3 is 14.8 Å². The van der Waals surface area contributed by atoms with E-state index in [2.05, 4.69) is 20.3 Å². The average molecular weight is 273 g/mol. The van der Waals surface area contributed by atoms with Gasteiger partial charge in [0.1, 0.15) is 0 Å². The fraction of sp³-hybridized carbons (Fsp3) is 0.727. The summed E-state index contributed by atoms with van der Waals surface area (Å²) < 4.78 is 10.8. The maximum atomic E-state index is 5.82. The van der Waals surface area contributed by atoms with Crippen LogP contribution in [-0.4, -0.2) is 40.3 Å². The van der Waals surface area contributed by atoms with Crippen LogP contribution in [0.25, 0.3) is 0 Å². The number of nitrogens with one attached hydrogen (secondary N) is 1. The number of aromatic nitrogens is 3. The van der Waals surface area contributed by atoms with Crippen molar-refractivity contribution in [3.63, 3.8) is 0 Å². The predicted molar refractivity (Wildman–Crippen MR) is 68.1 cm³/mol. The second-order valence-corrected chi connectivity index (χ2v) is 4.47. The van der Waals surface area contributed by atoms with E-state index in [1.54, 1.807) is 0 Å². The maximum Gasteiger partial charge on any atom is 0.322 e. The maximum absolute atomic E-state index is 5.82. The number of nitrogens with zero attached hydrogens (tertiary/aromatic N) is 3. The van der Waals surface area contributed by atoms with Gasteiger partial charge in [0.2, 0.25) is 11.2 Å². The fourth-order valence-electron chi connectivity index (χ4n) is 1.88. The second-order valence-electron chi connectivity index (χ2n) is 4.13. The van der Waals surface area contributed by atoms with Crippen molar-refractivity contribution in [3.8, 4) is 6.01 Å². The molecule has 0 radical (unpaired) electrons. The largest absolute Gasteiger partial charge is 0.464 e. The van der Waals surface area contributed by atoms with Gasteiger partial charge in [0.15, 0.2) is 0 Å².